The fourth-order valence-electron chi connectivity index (χ4n) is 3.24. The number of aliphatic hydroxyl groups excluding tert-OH is 3. The van der Waals surface area contributed by atoms with Crippen LogP contribution in [-0.2, 0) is 40.1 Å². The third kappa shape index (κ3) is 7.97. The molecule has 6 atom stereocenters. The van der Waals surface area contributed by atoms with Crippen LogP contribution < -0.4 is 15.4 Å². The average molecular weight is 638 g/mol. The predicted octanol–water partition coefficient (Wildman–Crippen LogP) is -4.29. The Bertz CT molecular complexity index is 1170. The number of amides is 1. The molecule has 18 heteroatoms. The van der Waals surface area contributed by atoms with Crippen molar-refractivity contribution in [3.05, 3.63) is 24.3 Å². The van der Waals surface area contributed by atoms with E-state index in [1.165, 1.54) is 25.1 Å². The van der Waals surface area contributed by atoms with Crippen molar-refractivity contribution >= 4 is 59.7 Å². The van der Waals surface area contributed by atoms with Gasteiger partial charge in [0.2, 0.25) is 0 Å². The number of para-hydroxylation sites is 1. The number of Topliss-reactive ketones (excluding diaryl/α,β-unsaturated/α-hetero) is 3. The first-order chi connectivity index (χ1) is 18.3. The Kier molecular flexibility index (Phi) is 13.9. The second kappa shape index (κ2) is 15.0. The van der Waals surface area contributed by atoms with E-state index in [1.807, 2.05) is 0 Å². The molecule has 224 valence electrons. The van der Waals surface area contributed by atoms with E-state index >= 15 is 0 Å². The van der Waals surface area contributed by atoms with Crippen molar-refractivity contribution in [3.63, 3.8) is 0 Å². The predicted molar refractivity (Wildman–Crippen MR) is 132 cm³/mol. The van der Waals surface area contributed by atoms with E-state index < -0.39 is 79.5 Å². The summed E-state index contributed by atoms with van der Waals surface area (Å²) in [6.07, 6.45) is -7.88. The first kappa shape index (κ1) is 36.9. The normalized spacial score (nSPS) is 17.6. The maximum atomic E-state index is 12.3. The number of ketones is 3. The van der Waals surface area contributed by atoms with Gasteiger partial charge in [-0.2, -0.15) is 0 Å². The van der Waals surface area contributed by atoms with Gasteiger partial charge in [0.25, 0.3) is 0 Å². The van der Waals surface area contributed by atoms with Crippen LogP contribution in [-0.4, -0.2) is 117 Å². The van der Waals surface area contributed by atoms with E-state index in [1.54, 1.807) is 6.07 Å². The van der Waals surface area contributed by atoms with Gasteiger partial charge in [-0.1, -0.05) is 0 Å². The molecule has 1 aromatic rings. The number of nitrogens with one attached hydrogen (secondary N) is 1. The van der Waals surface area contributed by atoms with E-state index in [-0.39, 0.29) is 16.3 Å². The van der Waals surface area contributed by atoms with Crippen molar-refractivity contribution in [2.75, 3.05) is 11.9 Å². The van der Waals surface area contributed by atoms with Crippen molar-refractivity contribution in [3.8, 4) is 0 Å². The van der Waals surface area contributed by atoms with Gasteiger partial charge in [-0.15, -0.1) is 0 Å². The van der Waals surface area contributed by atoms with Gasteiger partial charge in [0.05, 0.1) is 0 Å². The van der Waals surface area contributed by atoms with Gasteiger partial charge in [0.1, 0.15) is 18.3 Å². The second-order valence-electron chi connectivity index (χ2n) is 8.17. The number of hydrogen-bond acceptors (Lipinski definition) is 16. The molecule has 6 unspecified atom stereocenters. The Morgan fingerprint density at radius 2 is 1.50 bits per heavy atom. The molecule has 0 aliphatic heterocycles. The number of benzene rings is 1. The molecule has 0 bridgehead atoms. The number of carbonyl (C=O) groups is 6. The molecule has 0 aliphatic carbocycles. The first-order valence-corrected chi connectivity index (χ1v) is 14.2. The molecule has 0 aliphatic rings. The number of anilines is 1. The van der Waals surface area contributed by atoms with Crippen LogP contribution in [0.4, 0.5) is 5.69 Å². The number of rotatable bonds is 13. The molecule has 1 aromatic carbocycles. The zero-order valence-electron chi connectivity index (χ0n) is 21.7. The summed E-state index contributed by atoms with van der Waals surface area (Å²) in [4.78, 5) is 67.0. The Labute approximate surface area is 229 Å². The second-order valence-corrected chi connectivity index (χ2v) is 12.0. The molecular formula is C22H31AsN2O15. The molecule has 0 aromatic heterocycles. The maximum absolute atomic E-state index is 12.3. The van der Waals surface area contributed by atoms with Crippen LogP contribution in [0.5, 0.6) is 0 Å². The molecule has 1 amide bonds. The monoisotopic (exact) mass is 638 g/mol. The molecule has 0 spiro atoms. The summed E-state index contributed by atoms with van der Waals surface area (Å²) in [5.74, 6) is -5.34. The van der Waals surface area contributed by atoms with Crippen molar-refractivity contribution < 1.29 is 70.9 Å². The van der Waals surface area contributed by atoms with Gasteiger partial charge in [0.15, 0.2) is 34.8 Å². The third-order valence-corrected chi connectivity index (χ3v) is 8.80. The minimum atomic E-state index is -5.02. The van der Waals surface area contributed by atoms with Gasteiger partial charge in [0, 0.05) is 0 Å². The van der Waals surface area contributed by atoms with Crippen LogP contribution in [0.2, 0.25) is 0 Å². The Balaban J connectivity index is 0.000000763. The number of carbonyl (C=O) groups excluding carboxylic acids is 6. The van der Waals surface area contributed by atoms with Crippen LogP contribution in [0.3, 0.4) is 0 Å². The Morgan fingerprint density at radius 1 is 1.00 bits per heavy atom. The summed E-state index contributed by atoms with van der Waals surface area (Å²) >= 11 is -5.02. The molecule has 0 radical (unpaired) electrons. The molecule has 0 saturated carbocycles. The zero-order valence-corrected chi connectivity index (χ0v) is 23.6. The average Bonchev–Trinajstić information content (AvgIpc) is 2.90. The van der Waals surface area contributed by atoms with Gasteiger partial charge in [-0.05, 0) is 20.8 Å². The summed E-state index contributed by atoms with van der Waals surface area (Å²) in [5, 5.41) is 60.4. The van der Waals surface area contributed by atoms with Crippen LogP contribution in [0, 0.1) is 0 Å². The molecule has 0 saturated heterocycles. The van der Waals surface area contributed by atoms with Gasteiger partial charge >= 0.3 is 111 Å². The topological polar surface area (TPSA) is 297 Å². The molecule has 9 N–H and O–H groups in total. The van der Waals surface area contributed by atoms with Crippen LogP contribution in [0.1, 0.15) is 27.7 Å². The third-order valence-electron chi connectivity index (χ3n) is 5.36. The summed E-state index contributed by atoms with van der Waals surface area (Å²) in [6, 6.07) is 5.80. The SMILES string of the molecule is CC(=O)C(O)C(O)C(O)(C(C)=O)C(O)(C(C)=O)C(O)C=O.CC(=O)Nc1ccccc1[As](=O)(OO)OC(=O)CN. The number of nitrogens with two attached hydrogens (primary N) is 1. The van der Waals surface area contributed by atoms with Crippen LogP contribution in [0.25, 0.3) is 0 Å². The van der Waals surface area contributed by atoms with Gasteiger partial charge in [-0.3, -0.25) is 14.4 Å². The zero-order chi connectivity index (χ0) is 31.6. The van der Waals surface area contributed by atoms with Crippen molar-refractivity contribution in [1.29, 1.82) is 0 Å². The summed E-state index contributed by atoms with van der Waals surface area (Å²) < 4.78 is 20.7. The molecule has 1 rings (SSSR count). The number of aldehydes is 1. The standard InChI is InChI=1S/C12H18O9.C10H13AsN2O6/c1-5(14)9(18)10(19)12(21,7(3)16)11(20,6(2)15)8(17)4-13;1-7(14)13-9-5-3-2-4-8(9)11(16,19-17)18-10(15)6-12/h4,8-10,17-21H,1-3H3;2-5,17H,6,12H2,1H3,(H,13,14). The fourth-order valence-corrected chi connectivity index (χ4v) is 5.88. The molecular weight excluding hydrogens is 607 g/mol. The first-order valence-electron chi connectivity index (χ1n) is 11.0. The van der Waals surface area contributed by atoms with E-state index in [4.69, 9.17) is 11.0 Å². The van der Waals surface area contributed by atoms with E-state index in [9.17, 15) is 58.0 Å². The number of aliphatic hydroxyl groups is 5. The van der Waals surface area contributed by atoms with E-state index in [0.717, 1.165) is 6.92 Å². The quantitative estimate of drug-likeness (QED) is 0.0439. The van der Waals surface area contributed by atoms with Crippen molar-refractivity contribution in [2.24, 2.45) is 5.73 Å². The Hall–Kier alpha value is -3.12. The van der Waals surface area contributed by atoms with E-state index in [0.29, 0.717) is 13.8 Å². The van der Waals surface area contributed by atoms with E-state index in [2.05, 4.69) is 12.9 Å². The molecule has 17 nitrogen and oxygen atoms in total. The minimum absolute atomic E-state index is 0.0971. The summed E-state index contributed by atoms with van der Waals surface area (Å²) in [7, 11) is 0. The molecule has 0 fully saturated rings. The Morgan fingerprint density at radius 3 is 1.88 bits per heavy atom. The summed E-state index contributed by atoms with van der Waals surface area (Å²) in [5.41, 5.74) is -1.74. The molecule has 0 heterocycles. The van der Waals surface area contributed by atoms with Crippen molar-refractivity contribution in [1.82, 2.24) is 0 Å². The van der Waals surface area contributed by atoms with Gasteiger partial charge < -0.3 is 30.3 Å². The summed E-state index contributed by atoms with van der Waals surface area (Å²) in [6.45, 7) is 2.84. The van der Waals surface area contributed by atoms with Crippen LogP contribution >= 0.6 is 0 Å². The van der Waals surface area contributed by atoms with Crippen LogP contribution in [0.15, 0.2) is 24.3 Å². The number of hydrogen-bond donors (Lipinski definition) is 8. The molecule has 40 heavy (non-hydrogen) atoms. The van der Waals surface area contributed by atoms with Crippen molar-refractivity contribution in [2.45, 2.75) is 57.2 Å². The van der Waals surface area contributed by atoms with Gasteiger partial charge in [-0.25, -0.2) is 0 Å². The fraction of sp³-hybridized carbons (Fsp3) is 0.455.